The van der Waals surface area contributed by atoms with Gasteiger partial charge in [0, 0.05) is 29.4 Å². The van der Waals surface area contributed by atoms with Gasteiger partial charge in [-0.05, 0) is 56.2 Å². The standard InChI is InChI=1S/C40H46N4O7/c1-3-5-17-32-37(46)44-25-29(22-34(44)36(45)43-40(38(47)48)24-28(40)4-2)51-35-23-33(27-15-11-9-12-16-27)41-31-19-18-26(21-30(31)35)14-10-7-6-8-13-20-50-39(49)42-32/h4,9-12,14-16,18-19,21,23,28-29,32,34H,2-3,5-8,13,17,20,22,24-25H2,1H3,(H,42,49)(H,43,45)(H,47,48)/b14-10+/t28-,29+,32-,34-,40+/m0/s1. The van der Waals surface area contributed by atoms with Gasteiger partial charge >= 0.3 is 12.1 Å². The van der Waals surface area contributed by atoms with Crippen LogP contribution < -0.4 is 15.4 Å². The summed E-state index contributed by atoms with van der Waals surface area (Å²) in [5.41, 5.74) is 1.87. The number of unbranched alkanes of at least 4 members (excludes halogenated alkanes) is 1. The van der Waals surface area contributed by atoms with E-state index in [2.05, 4.69) is 29.4 Å². The van der Waals surface area contributed by atoms with E-state index in [1.807, 2.05) is 61.5 Å². The fraction of sp³-hybridized carbons (Fsp3) is 0.425. The molecule has 2 aliphatic heterocycles. The molecule has 51 heavy (non-hydrogen) atoms. The van der Waals surface area contributed by atoms with Gasteiger partial charge in [-0.25, -0.2) is 14.6 Å². The number of pyridine rings is 1. The number of aromatic nitrogens is 1. The van der Waals surface area contributed by atoms with E-state index in [1.54, 1.807) is 0 Å². The molecule has 0 radical (unpaired) electrons. The largest absolute Gasteiger partial charge is 0.488 e. The maximum Gasteiger partial charge on any atom is 0.407 e. The van der Waals surface area contributed by atoms with Crippen LogP contribution in [-0.4, -0.2) is 75.7 Å². The number of carbonyl (C=O) groups is 4. The van der Waals surface area contributed by atoms with Crippen LogP contribution in [0.15, 0.2) is 73.3 Å². The van der Waals surface area contributed by atoms with Gasteiger partial charge in [0.15, 0.2) is 0 Å². The van der Waals surface area contributed by atoms with E-state index in [0.717, 1.165) is 47.7 Å². The molecule has 2 fully saturated rings. The Balaban J connectivity index is 1.39. The fourth-order valence-electron chi connectivity index (χ4n) is 7.02. The van der Waals surface area contributed by atoms with Crippen LogP contribution in [0.1, 0.15) is 70.3 Å². The molecule has 4 bridgehead atoms. The lowest BCUT2D eigenvalue weighted by Gasteiger charge is -2.29. The van der Waals surface area contributed by atoms with Crippen LogP contribution in [0.2, 0.25) is 0 Å². The summed E-state index contributed by atoms with van der Waals surface area (Å²) in [6.07, 6.45) is 9.88. The highest BCUT2D eigenvalue weighted by Crippen LogP contribution is 2.45. The van der Waals surface area contributed by atoms with Crippen LogP contribution in [-0.2, 0) is 19.1 Å². The van der Waals surface area contributed by atoms with Crippen molar-refractivity contribution in [2.75, 3.05) is 13.2 Å². The number of benzene rings is 2. The number of rotatable bonds is 8. The van der Waals surface area contributed by atoms with Gasteiger partial charge in [0.05, 0.1) is 24.4 Å². The Bertz CT molecular complexity index is 1810. The minimum Gasteiger partial charge on any atom is -0.488 e. The summed E-state index contributed by atoms with van der Waals surface area (Å²) in [6, 6.07) is 15.7. The Kier molecular flexibility index (Phi) is 11.0. The number of carboxylic acid groups (broad SMARTS) is 1. The van der Waals surface area contributed by atoms with E-state index >= 15 is 0 Å². The van der Waals surface area contributed by atoms with Crippen molar-refractivity contribution in [3.8, 4) is 17.0 Å². The summed E-state index contributed by atoms with van der Waals surface area (Å²) in [5, 5.41) is 16.3. The van der Waals surface area contributed by atoms with Crippen molar-refractivity contribution in [2.24, 2.45) is 5.92 Å². The number of carbonyl (C=O) groups excluding carboxylic acids is 3. The molecule has 5 atom stereocenters. The van der Waals surface area contributed by atoms with Crippen molar-refractivity contribution in [3.63, 3.8) is 0 Å². The van der Waals surface area contributed by atoms with E-state index in [0.29, 0.717) is 30.7 Å². The maximum atomic E-state index is 14.3. The molecule has 3 amide bonds. The van der Waals surface area contributed by atoms with Gasteiger partial charge in [-0.1, -0.05) is 74.4 Å². The third kappa shape index (κ3) is 8.08. The van der Waals surface area contributed by atoms with Crippen LogP contribution >= 0.6 is 0 Å². The lowest BCUT2D eigenvalue weighted by Crippen LogP contribution is -2.56. The van der Waals surface area contributed by atoms with E-state index in [-0.39, 0.29) is 26.0 Å². The molecule has 11 nitrogen and oxygen atoms in total. The van der Waals surface area contributed by atoms with Gasteiger partial charge in [0.1, 0.15) is 29.5 Å². The zero-order chi connectivity index (χ0) is 36.0. The smallest absolute Gasteiger partial charge is 0.407 e. The minimum atomic E-state index is -1.48. The number of carboxylic acids is 1. The molecule has 268 valence electrons. The summed E-state index contributed by atoms with van der Waals surface area (Å²) < 4.78 is 12.2. The van der Waals surface area contributed by atoms with Crippen LogP contribution in [0.25, 0.3) is 28.2 Å². The SMILES string of the molecule is C=C[C@H]1C[C@]1(NC(=O)[C@@H]1C[C@@H]2CN1C(=O)[C@H](CCCC)NC(=O)OCCCCC/C=C/c1ccc3nc(-c4ccccc4)cc(c3c1)O2)C(=O)O. The number of hydrogen-bond acceptors (Lipinski definition) is 7. The highest BCUT2D eigenvalue weighted by Gasteiger charge is 2.61. The molecule has 3 N–H and O–H groups in total. The van der Waals surface area contributed by atoms with Gasteiger partial charge in [-0.3, -0.25) is 9.59 Å². The predicted octanol–water partition coefficient (Wildman–Crippen LogP) is 6.27. The summed E-state index contributed by atoms with van der Waals surface area (Å²) in [6.45, 7) is 5.99. The van der Waals surface area contributed by atoms with E-state index in [1.165, 1.54) is 11.0 Å². The van der Waals surface area contributed by atoms with Crippen molar-refractivity contribution >= 4 is 40.9 Å². The van der Waals surface area contributed by atoms with Crippen LogP contribution in [0.5, 0.6) is 5.75 Å². The molecule has 0 unspecified atom stereocenters. The van der Waals surface area contributed by atoms with Crippen molar-refractivity contribution in [1.29, 1.82) is 0 Å². The number of cyclic esters (lactones) is 1. The Hall–Kier alpha value is -5.19. The molecule has 3 aliphatic rings. The first-order valence-electron chi connectivity index (χ1n) is 18.0. The zero-order valence-corrected chi connectivity index (χ0v) is 29.0. The average Bonchev–Trinajstić information content (AvgIpc) is 3.70. The number of hydrogen-bond donors (Lipinski definition) is 3. The summed E-state index contributed by atoms with van der Waals surface area (Å²) in [5.74, 6) is -2.06. The third-order valence-corrected chi connectivity index (χ3v) is 10.0. The van der Waals surface area contributed by atoms with Gasteiger partial charge < -0.3 is 30.1 Å². The minimum absolute atomic E-state index is 0.0469. The average molecular weight is 695 g/mol. The normalized spacial score (nSPS) is 26.0. The summed E-state index contributed by atoms with van der Waals surface area (Å²) in [4.78, 5) is 59.9. The predicted molar refractivity (Wildman–Crippen MR) is 194 cm³/mol. The Morgan fingerprint density at radius 2 is 1.96 bits per heavy atom. The third-order valence-electron chi connectivity index (χ3n) is 10.0. The van der Waals surface area contributed by atoms with E-state index < -0.39 is 53.5 Å². The molecule has 1 aliphatic carbocycles. The first-order chi connectivity index (χ1) is 24.7. The number of ether oxygens (including phenoxy) is 2. The molecule has 0 spiro atoms. The van der Waals surface area contributed by atoms with E-state index in [9.17, 15) is 24.3 Å². The molecular weight excluding hydrogens is 648 g/mol. The first-order valence-corrected chi connectivity index (χ1v) is 18.0. The zero-order valence-electron chi connectivity index (χ0n) is 29.0. The fourth-order valence-corrected chi connectivity index (χ4v) is 7.02. The van der Waals surface area contributed by atoms with Crippen LogP contribution in [0.4, 0.5) is 4.79 Å². The molecule has 1 saturated carbocycles. The molecule has 3 aromatic rings. The van der Waals surface area contributed by atoms with Gasteiger partial charge in [0.25, 0.3) is 0 Å². The molecular formula is C40H46N4O7. The number of aliphatic carboxylic acids is 1. The second kappa shape index (κ2) is 15.8. The molecule has 11 heteroatoms. The second-order valence-electron chi connectivity index (χ2n) is 13.7. The van der Waals surface area contributed by atoms with Crippen molar-refractivity contribution in [2.45, 2.75) is 88.4 Å². The number of amides is 3. The van der Waals surface area contributed by atoms with Crippen molar-refractivity contribution in [1.82, 2.24) is 20.5 Å². The van der Waals surface area contributed by atoms with Gasteiger partial charge in [-0.15, -0.1) is 6.58 Å². The van der Waals surface area contributed by atoms with Crippen molar-refractivity contribution < 1.29 is 33.8 Å². The molecule has 3 heterocycles. The number of allylic oxidation sites excluding steroid dienone is 1. The van der Waals surface area contributed by atoms with Crippen LogP contribution in [0, 0.1) is 5.92 Å². The van der Waals surface area contributed by atoms with E-state index in [4.69, 9.17) is 14.5 Å². The summed E-state index contributed by atoms with van der Waals surface area (Å²) >= 11 is 0. The molecule has 2 aromatic carbocycles. The molecule has 6 rings (SSSR count). The quantitative estimate of drug-likeness (QED) is 0.234. The Labute approximate surface area is 298 Å². The first kappa shape index (κ1) is 35.6. The number of fused-ring (bicyclic) bond motifs is 3. The lowest BCUT2D eigenvalue weighted by molar-refractivity contribution is -0.145. The number of alkyl carbamates (subject to hydrolysis) is 1. The Morgan fingerprint density at radius 3 is 2.71 bits per heavy atom. The maximum absolute atomic E-state index is 14.3. The molecule has 1 aromatic heterocycles. The molecule has 1 saturated heterocycles. The highest BCUT2D eigenvalue weighted by molar-refractivity contribution is 5.96. The monoisotopic (exact) mass is 694 g/mol. The van der Waals surface area contributed by atoms with Gasteiger partial charge in [0.2, 0.25) is 11.8 Å². The van der Waals surface area contributed by atoms with Crippen molar-refractivity contribution in [3.05, 3.63) is 78.9 Å². The second-order valence-corrected chi connectivity index (χ2v) is 13.7. The Morgan fingerprint density at radius 1 is 1.14 bits per heavy atom. The summed E-state index contributed by atoms with van der Waals surface area (Å²) in [7, 11) is 0. The lowest BCUT2D eigenvalue weighted by atomic mass is 10.1. The number of nitrogens with one attached hydrogen (secondary N) is 2. The van der Waals surface area contributed by atoms with Gasteiger partial charge in [-0.2, -0.15) is 0 Å². The van der Waals surface area contributed by atoms with Crippen LogP contribution in [0.3, 0.4) is 0 Å². The number of nitrogens with zero attached hydrogens (tertiary/aromatic N) is 2. The topological polar surface area (TPSA) is 147 Å². The highest BCUT2D eigenvalue weighted by atomic mass is 16.5.